The number of thiophene rings is 1. The number of hydrogen-bond acceptors (Lipinski definition) is 4. The molecule has 5 heteroatoms. The van der Waals surface area contributed by atoms with Gasteiger partial charge in [-0.25, -0.2) is 0 Å². The number of piperidine rings is 1. The second kappa shape index (κ2) is 7.49. The van der Waals surface area contributed by atoms with Gasteiger partial charge in [0.2, 0.25) is 0 Å². The molecule has 0 spiro atoms. The number of rotatable bonds is 3. The maximum Gasteiger partial charge on any atom is 0.264 e. The minimum atomic E-state index is 0.201. The van der Waals surface area contributed by atoms with Crippen LogP contribution in [0.1, 0.15) is 52.5 Å². The van der Waals surface area contributed by atoms with Gasteiger partial charge in [-0.3, -0.25) is 9.78 Å². The van der Waals surface area contributed by atoms with Crippen LogP contribution in [0.5, 0.6) is 0 Å². The van der Waals surface area contributed by atoms with Crippen LogP contribution in [0, 0.1) is 6.92 Å². The van der Waals surface area contributed by atoms with E-state index >= 15 is 0 Å². The third-order valence-corrected chi connectivity index (χ3v) is 6.99. The molecule has 4 rings (SSSR count). The van der Waals surface area contributed by atoms with E-state index < -0.39 is 0 Å². The number of pyridine rings is 1. The molecule has 2 aromatic heterocycles. The fourth-order valence-electron chi connectivity index (χ4n) is 4.00. The first-order chi connectivity index (χ1) is 12.6. The first-order valence-electron chi connectivity index (χ1n) is 9.66. The summed E-state index contributed by atoms with van der Waals surface area (Å²) in [5.41, 5.74) is 3.42. The summed E-state index contributed by atoms with van der Waals surface area (Å²) in [6.45, 7) is 6.15. The summed E-state index contributed by atoms with van der Waals surface area (Å²) in [5, 5.41) is 0. The highest BCUT2D eigenvalue weighted by molar-refractivity contribution is 7.17. The minimum Gasteiger partial charge on any atom is -0.338 e. The maximum absolute atomic E-state index is 12.7. The maximum atomic E-state index is 12.7. The number of hydrogen-bond donors (Lipinski definition) is 0. The van der Waals surface area contributed by atoms with Crippen molar-refractivity contribution in [2.24, 2.45) is 0 Å². The number of amides is 1. The average molecular weight is 370 g/mol. The molecule has 0 unspecified atom stereocenters. The second-order valence-electron chi connectivity index (χ2n) is 7.67. The summed E-state index contributed by atoms with van der Waals surface area (Å²) in [6, 6.07) is 6.50. The predicted molar refractivity (Wildman–Crippen MR) is 107 cm³/mol. The normalized spacial score (nSPS) is 19.2. The van der Waals surface area contributed by atoms with E-state index in [1.807, 2.05) is 18.0 Å². The molecule has 4 heterocycles. The highest BCUT2D eigenvalue weighted by Crippen LogP contribution is 2.33. The van der Waals surface area contributed by atoms with Crippen LogP contribution in [0.15, 0.2) is 24.4 Å². The Morgan fingerprint density at radius 3 is 2.54 bits per heavy atom. The number of carbonyl (C=O) groups is 1. The molecule has 2 saturated heterocycles. The van der Waals surface area contributed by atoms with Gasteiger partial charge in [0.15, 0.2) is 0 Å². The quantitative estimate of drug-likeness (QED) is 0.815. The average Bonchev–Trinajstić information content (AvgIpc) is 3.32. The van der Waals surface area contributed by atoms with E-state index in [0.717, 1.165) is 59.9 Å². The van der Waals surface area contributed by atoms with Crippen LogP contribution in [-0.4, -0.2) is 53.9 Å². The third-order valence-electron chi connectivity index (χ3n) is 5.71. The third kappa shape index (κ3) is 3.55. The summed E-state index contributed by atoms with van der Waals surface area (Å²) >= 11 is 1.61. The summed E-state index contributed by atoms with van der Waals surface area (Å²) in [4.78, 5) is 23.9. The van der Waals surface area contributed by atoms with Crippen LogP contribution in [-0.2, 0) is 0 Å². The van der Waals surface area contributed by atoms with Crippen LogP contribution < -0.4 is 0 Å². The molecule has 26 heavy (non-hydrogen) atoms. The monoisotopic (exact) mass is 369 g/mol. The number of aromatic nitrogens is 1. The van der Waals surface area contributed by atoms with Gasteiger partial charge in [-0.1, -0.05) is 6.07 Å². The van der Waals surface area contributed by atoms with Crippen molar-refractivity contribution in [1.82, 2.24) is 14.8 Å². The highest BCUT2D eigenvalue weighted by Gasteiger charge is 2.24. The Kier molecular flexibility index (Phi) is 5.09. The Bertz CT molecular complexity index is 769. The molecule has 0 radical (unpaired) electrons. The zero-order chi connectivity index (χ0) is 18.1. The molecule has 0 saturated carbocycles. The molecule has 4 nitrogen and oxygen atoms in total. The molecule has 0 aliphatic carbocycles. The molecular formula is C21H27N3OS. The number of aryl methyl sites for hydroxylation is 1. The zero-order valence-electron chi connectivity index (χ0n) is 15.7. The van der Waals surface area contributed by atoms with Crippen LogP contribution in [0.3, 0.4) is 0 Å². The summed E-state index contributed by atoms with van der Waals surface area (Å²) in [7, 11) is 2.19. The van der Waals surface area contributed by atoms with Gasteiger partial charge in [0.25, 0.3) is 5.91 Å². The van der Waals surface area contributed by atoms with E-state index in [0.29, 0.717) is 5.92 Å². The van der Waals surface area contributed by atoms with Crippen molar-refractivity contribution >= 4 is 17.2 Å². The fourth-order valence-corrected chi connectivity index (χ4v) is 5.13. The first-order valence-corrected chi connectivity index (χ1v) is 10.5. The van der Waals surface area contributed by atoms with Gasteiger partial charge in [0.1, 0.15) is 0 Å². The number of carbonyl (C=O) groups excluding carboxylic acids is 1. The molecule has 0 aromatic carbocycles. The largest absolute Gasteiger partial charge is 0.338 e. The molecule has 2 aromatic rings. The van der Waals surface area contributed by atoms with Crippen molar-refractivity contribution in [3.63, 3.8) is 0 Å². The Balaban J connectivity index is 1.51. The zero-order valence-corrected chi connectivity index (χ0v) is 16.5. The molecule has 138 valence electrons. The molecule has 2 aliphatic heterocycles. The highest BCUT2D eigenvalue weighted by atomic mass is 32.1. The fraction of sp³-hybridized carbons (Fsp3) is 0.524. The summed E-state index contributed by atoms with van der Waals surface area (Å²) in [6.07, 6.45) is 6.63. The van der Waals surface area contributed by atoms with Crippen molar-refractivity contribution in [1.29, 1.82) is 0 Å². The minimum absolute atomic E-state index is 0.201. The second-order valence-corrected chi connectivity index (χ2v) is 8.72. The Hall–Kier alpha value is -1.72. The van der Waals surface area contributed by atoms with Crippen LogP contribution >= 0.6 is 11.3 Å². The van der Waals surface area contributed by atoms with Crippen LogP contribution in [0.4, 0.5) is 0 Å². The van der Waals surface area contributed by atoms with Gasteiger partial charge in [0.05, 0.1) is 4.88 Å². The molecular weight excluding hydrogens is 342 g/mol. The lowest BCUT2D eigenvalue weighted by Crippen LogP contribution is -2.29. The van der Waals surface area contributed by atoms with E-state index in [-0.39, 0.29) is 5.91 Å². The molecule has 2 aliphatic rings. The van der Waals surface area contributed by atoms with Crippen molar-refractivity contribution in [2.45, 2.75) is 38.5 Å². The lowest BCUT2D eigenvalue weighted by Gasteiger charge is -2.28. The smallest absolute Gasteiger partial charge is 0.264 e. The van der Waals surface area contributed by atoms with Crippen LogP contribution in [0.25, 0.3) is 10.4 Å². The predicted octanol–water partition coefficient (Wildman–Crippen LogP) is 4.16. The first kappa shape index (κ1) is 17.7. The van der Waals surface area contributed by atoms with Crippen molar-refractivity contribution in [3.05, 3.63) is 40.5 Å². The van der Waals surface area contributed by atoms with Gasteiger partial charge in [-0.15, -0.1) is 11.3 Å². The molecule has 0 bridgehead atoms. The van der Waals surface area contributed by atoms with Gasteiger partial charge >= 0.3 is 0 Å². The molecule has 2 fully saturated rings. The van der Waals surface area contributed by atoms with Crippen molar-refractivity contribution in [2.75, 3.05) is 33.2 Å². The Labute approximate surface area is 159 Å². The standard InChI is InChI=1S/C21H27N3OS/c1-15-13-19(26-20(15)21(25)24-9-3-4-10-24)17-5-6-18(22-14-17)16-7-11-23(2)12-8-16/h5-6,13-14,16H,3-4,7-12H2,1-2H3. The Morgan fingerprint density at radius 1 is 1.15 bits per heavy atom. The number of nitrogens with zero attached hydrogens (tertiary/aromatic N) is 3. The van der Waals surface area contributed by atoms with Crippen molar-refractivity contribution < 1.29 is 4.79 Å². The van der Waals surface area contributed by atoms with Gasteiger partial charge in [-0.05, 0) is 70.4 Å². The van der Waals surface area contributed by atoms with Gasteiger partial charge < -0.3 is 9.80 Å². The SMILES string of the molecule is Cc1cc(-c2ccc(C3CCN(C)CC3)nc2)sc1C(=O)N1CCCC1. The number of likely N-dealkylation sites (tertiary alicyclic amines) is 2. The Morgan fingerprint density at radius 2 is 1.88 bits per heavy atom. The van der Waals surface area contributed by atoms with E-state index in [1.165, 1.54) is 18.5 Å². The van der Waals surface area contributed by atoms with E-state index in [1.54, 1.807) is 11.3 Å². The van der Waals surface area contributed by atoms with E-state index in [4.69, 9.17) is 4.98 Å². The molecule has 1 amide bonds. The molecule has 0 atom stereocenters. The lowest BCUT2D eigenvalue weighted by molar-refractivity contribution is 0.0797. The summed E-state index contributed by atoms with van der Waals surface area (Å²) in [5.74, 6) is 0.782. The van der Waals surface area contributed by atoms with Gasteiger partial charge in [-0.2, -0.15) is 0 Å². The van der Waals surface area contributed by atoms with Crippen LogP contribution in [0.2, 0.25) is 0 Å². The van der Waals surface area contributed by atoms with E-state index in [9.17, 15) is 4.79 Å². The lowest BCUT2D eigenvalue weighted by atomic mass is 9.93. The van der Waals surface area contributed by atoms with Crippen molar-refractivity contribution in [3.8, 4) is 10.4 Å². The summed E-state index contributed by atoms with van der Waals surface area (Å²) < 4.78 is 0. The molecule has 0 N–H and O–H groups in total. The topological polar surface area (TPSA) is 36.4 Å². The van der Waals surface area contributed by atoms with Gasteiger partial charge in [0, 0.05) is 41.3 Å². The van der Waals surface area contributed by atoms with E-state index in [2.05, 4.69) is 30.1 Å².